The van der Waals surface area contributed by atoms with Crippen molar-refractivity contribution < 1.29 is 38.6 Å². The van der Waals surface area contributed by atoms with Gasteiger partial charge in [-0.1, -0.05) is 82.7 Å². The van der Waals surface area contributed by atoms with Gasteiger partial charge in [-0.2, -0.15) is 0 Å². The van der Waals surface area contributed by atoms with Gasteiger partial charge in [0.1, 0.15) is 6.61 Å². The number of unbranched alkanes of at least 4 members (excludes halogenated alkanes) is 7. The molecule has 0 aromatic heterocycles. The van der Waals surface area contributed by atoms with Crippen LogP contribution in [0, 0.1) is 11.8 Å². The fraction of sp³-hybridized carbons (Fsp3) is 0.594. The molecule has 0 saturated carbocycles. The van der Waals surface area contributed by atoms with E-state index in [9.17, 15) is 24.0 Å². The Hall–Kier alpha value is -3.33. The Morgan fingerprint density at radius 1 is 0.976 bits per heavy atom. The van der Waals surface area contributed by atoms with Crippen LogP contribution in [0.5, 0.6) is 0 Å². The molecule has 3 atom stereocenters. The highest BCUT2D eigenvalue weighted by Crippen LogP contribution is 2.27. The van der Waals surface area contributed by atoms with Gasteiger partial charge in [0.15, 0.2) is 17.7 Å². The molecule has 9 heteroatoms. The molecule has 0 unspecified atom stereocenters. The number of rotatable bonds is 19. The van der Waals surface area contributed by atoms with Gasteiger partial charge in [0.05, 0.1) is 12.0 Å². The fourth-order valence-electron chi connectivity index (χ4n) is 4.89. The monoisotopic (exact) mass is 571 g/mol. The van der Waals surface area contributed by atoms with Crippen molar-refractivity contribution in [1.82, 2.24) is 4.90 Å². The van der Waals surface area contributed by atoms with Gasteiger partial charge in [-0.15, -0.1) is 0 Å². The average Bonchev–Trinajstić information content (AvgIpc) is 3.34. The molecule has 1 heterocycles. The van der Waals surface area contributed by atoms with E-state index in [4.69, 9.17) is 14.6 Å². The van der Waals surface area contributed by atoms with Crippen LogP contribution in [0.1, 0.15) is 84.1 Å². The highest BCUT2D eigenvalue weighted by atomic mass is 16.6. The normalized spacial score (nSPS) is 16.6. The second-order valence-electron chi connectivity index (χ2n) is 10.9. The summed E-state index contributed by atoms with van der Waals surface area (Å²) >= 11 is 0. The van der Waals surface area contributed by atoms with Crippen molar-refractivity contribution in [3.05, 3.63) is 48.0 Å². The summed E-state index contributed by atoms with van der Waals surface area (Å²) in [4.78, 5) is 65.3. The van der Waals surface area contributed by atoms with Crippen LogP contribution in [0.2, 0.25) is 0 Å². The summed E-state index contributed by atoms with van der Waals surface area (Å²) in [7, 11) is 0. The maximum absolute atomic E-state index is 13.8. The predicted octanol–water partition coefficient (Wildman–Crippen LogP) is 4.98. The zero-order valence-corrected chi connectivity index (χ0v) is 24.6. The number of ketones is 2. The van der Waals surface area contributed by atoms with Crippen LogP contribution < -0.4 is 0 Å². The molecule has 1 fully saturated rings. The molecule has 1 aromatic carbocycles. The first kappa shape index (κ1) is 33.9. The van der Waals surface area contributed by atoms with E-state index < -0.39 is 41.8 Å². The molecule has 0 radical (unpaired) electrons. The molecule has 2 rings (SSSR count). The second-order valence-corrected chi connectivity index (χ2v) is 10.9. The zero-order chi connectivity index (χ0) is 30.2. The maximum atomic E-state index is 13.8. The highest BCUT2D eigenvalue weighted by Gasteiger charge is 2.46. The van der Waals surface area contributed by atoms with Crippen molar-refractivity contribution in [2.75, 3.05) is 13.2 Å². The number of hydrogen-bond donors (Lipinski definition) is 1. The summed E-state index contributed by atoms with van der Waals surface area (Å²) in [6.07, 6.45) is 8.03. The fourth-order valence-corrected chi connectivity index (χ4v) is 4.89. The smallest absolute Gasteiger partial charge is 0.416 e. The number of imide groups is 1. The topological polar surface area (TPSA) is 127 Å². The van der Waals surface area contributed by atoms with Crippen molar-refractivity contribution >= 4 is 29.5 Å². The van der Waals surface area contributed by atoms with E-state index in [0.29, 0.717) is 6.42 Å². The van der Waals surface area contributed by atoms with Crippen molar-refractivity contribution in [2.24, 2.45) is 11.8 Å². The first-order valence-corrected chi connectivity index (χ1v) is 14.7. The van der Waals surface area contributed by atoms with Gasteiger partial charge >= 0.3 is 12.1 Å². The van der Waals surface area contributed by atoms with Crippen molar-refractivity contribution in [2.45, 2.75) is 97.1 Å². The van der Waals surface area contributed by atoms with Crippen molar-refractivity contribution in [1.29, 1.82) is 0 Å². The molecule has 0 bridgehead atoms. The Labute approximate surface area is 243 Å². The Morgan fingerprint density at radius 2 is 1.59 bits per heavy atom. The molecular weight excluding hydrogens is 526 g/mol. The standard InChI is InChI=1S/C32H45NO8/c1-23(2)28-22-40-32(39)33(28)31(38)27(21-25-15-11-10-12-16-25)30(41-24(3)35)29(37)19-18-26(36)17-13-8-6-4-5-7-9-14-20-34/h10-12,15-16,18-19,23,27-28,30,34H,4-9,13-14,17,20-22H2,1-3H3/t27-,28+,30-/m0/s1. The lowest BCUT2D eigenvalue weighted by atomic mass is 9.89. The molecule has 0 aliphatic carbocycles. The molecule has 0 spiro atoms. The van der Waals surface area contributed by atoms with E-state index in [1.165, 1.54) is 6.08 Å². The van der Waals surface area contributed by atoms with E-state index in [1.807, 2.05) is 19.9 Å². The summed E-state index contributed by atoms with van der Waals surface area (Å²) in [5.41, 5.74) is 0.720. The van der Waals surface area contributed by atoms with Crippen molar-refractivity contribution in [3.8, 4) is 0 Å². The first-order valence-electron chi connectivity index (χ1n) is 14.7. The Balaban J connectivity index is 2.11. The van der Waals surface area contributed by atoms with Crippen LogP contribution in [-0.2, 0) is 35.1 Å². The summed E-state index contributed by atoms with van der Waals surface area (Å²) in [6.45, 7) is 5.15. The number of aliphatic hydroxyl groups excluding tert-OH is 1. The van der Waals surface area contributed by atoms with E-state index >= 15 is 0 Å². The van der Waals surface area contributed by atoms with Crippen LogP contribution in [-0.4, -0.2) is 64.9 Å². The number of aliphatic hydroxyl groups is 1. The SMILES string of the molecule is CC(=O)O[C@H](C(=O)C=CC(=O)CCCCCCCCCCO)[C@H](Cc1ccccc1)C(=O)N1C(=O)OC[C@@H]1C(C)C. The first-order chi connectivity index (χ1) is 19.6. The minimum absolute atomic E-state index is 0.0414. The minimum Gasteiger partial charge on any atom is -0.453 e. The lowest BCUT2D eigenvalue weighted by Gasteiger charge is -2.30. The van der Waals surface area contributed by atoms with E-state index in [1.54, 1.807) is 24.3 Å². The molecule has 1 saturated heterocycles. The number of cyclic esters (lactones) is 1. The number of esters is 1. The van der Waals surface area contributed by atoms with E-state index in [0.717, 1.165) is 68.4 Å². The Bertz CT molecular complexity index is 1040. The zero-order valence-electron chi connectivity index (χ0n) is 24.6. The summed E-state index contributed by atoms with van der Waals surface area (Å²) < 4.78 is 10.5. The van der Waals surface area contributed by atoms with Gasteiger partial charge in [0, 0.05) is 20.0 Å². The molecule has 41 heavy (non-hydrogen) atoms. The third-order valence-electron chi connectivity index (χ3n) is 7.23. The van der Waals surface area contributed by atoms with Crippen molar-refractivity contribution in [3.63, 3.8) is 0 Å². The quantitative estimate of drug-likeness (QED) is 0.140. The van der Waals surface area contributed by atoms with Gasteiger partial charge in [-0.05, 0) is 42.9 Å². The molecule has 1 N–H and O–H groups in total. The summed E-state index contributed by atoms with van der Waals surface area (Å²) in [5.74, 6) is -3.62. The number of allylic oxidation sites excluding steroid dienone is 1. The highest BCUT2D eigenvalue weighted by molar-refractivity contribution is 6.04. The van der Waals surface area contributed by atoms with Crippen LogP contribution in [0.15, 0.2) is 42.5 Å². The van der Waals surface area contributed by atoms with Crippen LogP contribution >= 0.6 is 0 Å². The molecule has 9 nitrogen and oxygen atoms in total. The third kappa shape index (κ3) is 11.6. The molecule has 1 aliphatic rings. The van der Waals surface area contributed by atoms with Gasteiger partial charge in [-0.25, -0.2) is 9.69 Å². The van der Waals surface area contributed by atoms with Gasteiger partial charge < -0.3 is 14.6 Å². The number of benzene rings is 1. The van der Waals surface area contributed by atoms with Gasteiger partial charge in [-0.3, -0.25) is 19.2 Å². The summed E-state index contributed by atoms with van der Waals surface area (Å²) in [6, 6.07) is 8.44. The van der Waals surface area contributed by atoms with Crippen LogP contribution in [0.3, 0.4) is 0 Å². The maximum Gasteiger partial charge on any atom is 0.416 e. The molecule has 2 amide bonds. The minimum atomic E-state index is -1.52. The number of nitrogens with zero attached hydrogens (tertiary/aromatic N) is 1. The largest absolute Gasteiger partial charge is 0.453 e. The number of ether oxygens (including phenoxy) is 2. The van der Waals surface area contributed by atoms with Gasteiger partial charge in [0.2, 0.25) is 5.91 Å². The molecule has 1 aliphatic heterocycles. The number of carbonyl (C=O) groups excluding carboxylic acids is 5. The average molecular weight is 572 g/mol. The predicted molar refractivity (Wildman–Crippen MR) is 154 cm³/mol. The second kappa shape index (κ2) is 18.2. The Kier molecular flexibility index (Phi) is 15.0. The van der Waals surface area contributed by atoms with E-state index in [2.05, 4.69) is 0 Å². The number of amides is 2. The molecular formula is C32H45NO8. The lowest BCUT2D eigenvalue weighted by molar-refractivity contribution is -0.159. The lowest BCUT2D eigenvalue weighted by Crippen LogP contribution is -2.50. The number of hydrogen-bond acceptors (Lipinski definition) is 8. The summed E-state index contributed by atoms with van der Waals surface area (Å²) in [5, 5.41) is 8.82. The third-order valence-corrected chi connectivity index (χ3v) is 7.23. The molecule has 1 aromatic rings. The number of carbonyl (C=O) groups is 5. The van der Waals surface area contributed by atoms with E-state index in [-0.39, 0.29) is 37.8 Å². The Morgan fingerprint density at radius 3 is 2.17 bits per heavy atom. The van der Waals surface area contributed by atoms with Crippen LogP contribution in [0.25, 0.3) is 0 Å². The van der Waals surface area contributed by atoms with Gasteiger partial charge in [0.25, 0.3) is 0 Å². The molecule has 226 valence electrons. The van der Waals surface area contributed by atoms with Crippen LogP contribution in [0.4, 0.5) is 4.79 Å².